The third kappa shape index (κ3) is 4.94. The van der Waals surface area contributed by atoms with Crippen molar-refractivity contribution in [3.05, 3.63) is 66.2 Å². The molecular weight excluding hydrogens is 266 g/mol. The van der Waals surface area contributed by atoms with Gasteiger partial charge in [-0.2, -0.15) is 0 Å². The number of hydrogen-bond donors (Lipinski definition) is 1. The Morgan fingerprint density at radius 2 is 1.70 bits per heavy atom. The lowest BCUT2D eigenvalue weighted by Crippen LogP contribution is -2.19. The lowest BCUT2D eigenvalue weighted by atomic mass is 10.2. The van der Waals surface area contributed by atoms with Crippen LogP contribution in [0.3, 0.4) is 0 Å². The Balaban J connectivity index is 1.91. The van der Waals surface area contributed by atoms with Crippen LogP contribution in [0.25, 0.3) is 6.08 Å². The summed E-state index contributed by atoms with van der Waals surface area (Å²) in [5, 5.41) is 2.73. The maximum absolute atomic E-state index is 10.7. The second kappa shape index (κ2) is 7.56. The third-order valence-corrected chi connectivity index (χ3v) is 3.65. The fraction of sp³-hybridized carbons (Fsp3) is 0.118. The first kappa shape index (κ1) is 14.4. The number of rotatable bonds is 5. The van der Waals surface area contributed by atoms with Gasteiger partial charge in [-0.1, -0.05) is 54.2 Å². The van der Waals surface area contributed by atoms with E-state index < -0.39 is 0 Å². The maximum Gasteiger partial charge on any atom is 0.217 e. The Morgan fingerprint density at radius 3 is 2.35 bits per heavy atom. The summed E-state index contributed by atoms with van der Waals surface area (Å²) in [4.78, 5) is 13.2. The van der Waals surface area contributed by atoms with Crippen molar-refractivity contribution in [2.45, 2.75) is 16.7 Å². The Morgan fingerprint density at radius 1 is 1.05 bits per heavy atom. The highest BCUT2D eigenvalue weighted by Gasteiger charge is 1.96. The first-order valence-corrected chi connectivity index (χ1v) is 7.29. The van der Waals surface area contributed by atoms with Crippen LogP contribution >= 0.6 is 11.8 Å². The minimum absolute atomic E-state index is 0.00995. The van der Waals surface area contributed by atoms with E-state index >= 15 is 0 Å². The van der Waals surface area contributed by atoms with Gasteiger partial charge in [-0.15, -0.1) is 0 Å². The molecule has 2 aromatic rings. The minimum atomic E-state index is -0.00995. The van der Waals surface area contributed by atoms with Crippen molar-refractivity contribution in [1.82, 2.24) is 5.32 Å². The first-order valence-electron chi connectivity index (χ1n) is 6.48. The topological polar surface area (TPSA) is 29.1 Å². The second-order valence-corrected chi connectivity index (χ2v) is 5.47. The molecule has 1 amide bonds. The van der Waals surface area contributed by atoms with Crippen LogP contribution in [0.2, 0.25) is 0 Å². The molecule has 102 valence electrons. The van der Waals surface area contributed by atoms with Gasteiger partial charge in [0.2, 0.25) is 5.91 Å². The van der Waals surface area contributed by atoms with Crippen LogP contribution in [0.4, 0.5) is 0 Å². The molecule has 0 bridgehead atoms. The van der Waals surface area contributed by atoms with Gasteiger partial charge in [0.15, 0.2) is 0 Å². The smallest absolute Gasteiger partial charge is 0.217 e. The predicted octanol–water partition coefficient (Wildman–Crippen LogP) is 3.99. The summed E-state index contributed by atoms with van der Waals surface area (Å²) in [6.07, 6.45) is 3.95. The first-order chi connectivity index (χ1) is 9.74. The van der Waals surface area contributed by atoms with Crippen LogP contribution in [0.1, 0.15) is 12.5 Å². The van der Waals surface area contributed by atoms with Gasteiger partial charge in [-0.05, 0) is 29.8 Å². The van der Waals surface area contributed by atoms with Gasteiger partial charge in [-0.25, -0.2) is 0 Å². The molecule has 0 saturated heterocycles. The summed E-state index contributed by atoms with van der Waals surface area (Å²) in [6.45, 7) is 2.08. The molecule has 3 heteroatoms. The Labute approximate surface area is 123 Å². The maximum atomic E-state index is 10.7. The van der Waals surface area contributed by atoms with E-state index in [0.717, 1.165) is 5.56 Å². The van der Waals surface area contributed by atoms with Gasteiger partial charge in [0.1, 0.15) is 0 Å². The zero-order chi connectivity index (χ0) is 14.2. The fourth-order valence-corrected chi connectivity index (χ4v) is 2.51. The van der Waals surface area contributed by atoms with E-state index in [-0.39, 0.29) is 5.91 Å². The average Bonchev–Trinajstić information content (AvgIpc) is 2.46. The van der Waals surface area contributed by atoms with Gasteiger partial charge in [0.25, 0.3) is 0 Å². The molecule has 0 saturated carbocycles. The van der Waals surface area contributed by atoms with Gasteiger partial charge < -0.3 is 5.32 Å². The molecule has 0 aliphatic rings. The van der Waals surface area contributed by atoms with Crippen molar-refractivity contribution in [2.24, 2.45) is 0 Å². The van der Waals surface area contributed by atoms with Crippen molar-refractivity contribution < 1.29 is 4.79 Å². The normalized spacial score (nSPS) is 10.7. The van der Waals surface area contributed by atoms with E-state index in [1.165, 1.54) is 16.7 Å². The molecule has 2 rings (SSSR count). The van der Waals surface area contributed by atoms with E-state index in [9.17, 15) is 4.79 Å². The lowest BCUT2D eigenvalue weighted by Gasteiger charge is -2.02. The van der Waals surface area contributed by atoms with Crippen molar-refractivity contribution in [3.63, 3.8) is 0 Å². The van der Waals surface area contributed by atoms with Crippen molar-refractivity contribution in [1.29, 1.82) is 0 Å². The zero-order valence-corrected chi connectivity index (χ0v) is 12.2. The number of carbonyl (C=O) groups excluding carboxylic acids is 1. The molecule has 20 heavy (non-hydrogen) atoms. The molecule has 0 heterocycles. The summed E-state index contributed by atoms with van der Waals surface area (Å²) in [7, 11) is 0. The minimum Gasteiger partial charge on any atom is -0.353 e. The molecule has 0 aromatic heterocycles. The molecule has 1 N–H and O–H groups in total. The van der Waals surface area contributed by atoms with Crippen molar-refractivity contribution in [3.8, 4) is 0 Å². The van der Waals surface area contributed by atoms with Crippen LogP contribution in [0, 0.1) is 0 Å². The van der Waals surface area contributed by atoms with E-state index in [0.29, 0.717) is 6.54 Å². The van der Waals surface area contributed by atoms with Crippen LogP contribution in [-0.2, 0) is 4.79 Å². The highest BCUT2D eigenvalue weighted by molar-refractivity contribution is 7.99. The van der Waals surface area contributed by atoms with Gasteiger partial charge >= 0.3 is 0 Å². The molecule has 0 atom stereocenters. The molecule has 0 spiro atoms. The molecular formula is C17H17NOS. The summed E-state index contributed by atoms with van der Waals surface area (Å²) in [5.74, 6) is -0.00995. The Hall–Kier alpha value is -2.00. The summed E-state index contributed by atoms with van der Waals surface area (Å²) in [5.41, 5.74) is 1.13. The van der Waals surface area contributed by atoms with Gasteiger partial charge in [0, 0.05) is 23.3 Å². The standard InChI is InChI=1S/C17H17NOS/c1-14(19)18-13-5-6-15-9-11-17(12-10-15)20-16-7-3-2-4-8-16/h2-12H,13H2,1H3,(H,18,19). The zero-order valence-electron chi connectivity index (χ0n) is 11.4. The molecule has 2 aromatic carbocycles. The van der Waals surface area contributed by atoms with Crippen molar-refractivity contribution >= 4 is 23.7 Å². The van der Waals surface area contributed by atoms with E-state index in [1.54, 1.807) is 11.8 Å². The monoisotopic (exact) mass is 283 g/mol. The number of nitrogens with one attached hydrogen (secondary N) is 1. The SMILES string of the molecule is CC(=O)NCC=Cc1ccc(Sc2ccccc2)cc1. The molecule has 0 fully saturated rings. The molecule has 0 unspecified atom stereocenters. The summed E-state index contributed by atoms with van der Waals surface area (Å²) in [6, 6.07) is 18.7. The highest BCUT2D eigenvalue weighted by Crippen LogP contribution is 2.27. The van der Waals surface area contributed by atoms with Gasteiger partial charge in [0.05, 0.1) is 0 Å². The highest BCUT2D eigenvalue weighted by atomic mass is 32.2. The molecule has 0 aliphatic heterocycles. The van der Waals surface area contributed by atoms with Crippen molar-refractivity contribution in [2.75, 3.05) is 6.54 Å². The van der Waals surface area contributed by atoms with E-state index in [1.807, 2.05) is 30.4 Å². The predicted molar refractivity (Wildman–Crippen MR) is 84.7 cm³/mol. The lowest BCUT2D eigenvalue weighted by molar-refractivity contribution is -0.118. The number of hydrogen-bond acceptors (Lipinski definition) is 2. The number of carbonyl (C=O) groups is 1. The summed E-state index contributed by atoms with van der Waals surface area (Å²) < 4.78 is 0. The third-order valence-electron chi connectivity index (χ3n) is 2.64. The quantitative estimate of drug-likeness (QED) is 0.899. The van der Waals surface area contributed by atoms with Crippen LogP contribution in [0.15, 0.2) is 70.5 Å². The van der Waals surface area contributed by atoms with Crippen LogP contribution in [-0.4, -0.2) is 12.5 Å². The second-order valence-electron chi connectivity index (χ2n) is 4.32. The molecule has 2 nitrogen and oxygen atoms in total. The van der Waals surface area contributed by atoms with Gasteiger partial charge in [-0.3, -0.25) is 4.79 Å². The largest absolute Gasteiger partial charge is 0.353 e. The Bertz CT molecular complexity index is 576. The molecule has 0 radical (unpaired) electrons. The molecule has 0 aliphatic carbocycles. The average molecular weight is 283 g/mol. The summed E-state index contributed by atoms with van der Waals surface area (Å²) >= 11 is 1.75. The van der Waals surface area contributed by atoms with Crippen LogP contribution < -0.4 is 5.32 Å². The van der Waals surface area contributed by atoms with Crippen LogP contribution in [0.5, 0.6) is 0 Å². The fourth-order valence-electron chi connectivity index (χ4n) is 1.67. The number of benzene rings is 2. The van der Waals surface area contributed by atoms with E-state index in [2.05, 4.69) is 41.7 Å². The Kier molecular flexibility index (Phi) is 5.44. The number of amides is 1. The van der Waals surface area contributed by atoms with E-state index in [4.69, 9.17) is 0 Å².